The predicted molar refractivity (Wildman–Crippen MR) is 47.2 cm³/mol. The molecule has 0 aromatic rings. The minimum atomic E-state index is -4.33. The van der Waals surface area contributed by atoms with E-state index in [0.29, 0.717) is 3.58 Å². The maximum atomic E-state index is 12.2. The van der Waals surface area contributed by atoms with E-state index in [1.54, 1.807) is 6.92 Å². The summed E-state index contributed by atoms with van der Waals surface area (Å²) in [5.74, 6) is 0. The summed E-state index contributed by atoms with van der Waals surface area (Å²) in [4.78, 5) is 0. The first-order valence-corrected chi connectivity index (χ1v) is 4.41. The summed E-state index contributed by atoms with van der Waals surface area (Å²) in [5.41, 5.74) is 2.55. The van der Waals surface area contributed by atoms with Gasteiger partial charge in [-0.15, -0.1) is 13.2 Å². The Balaban J connectivity index is 2.88. The SMILES string of the molecule is CC1=C(I)C(C)NN1C(F)(F)F. The first-order valence-electron chi connectivity index (χ1n) is 3.33. The normalized spacial score (nSPS) is 25.5. The fraction of sp³-hybridized carbons (Fsp3) is 0.667. The first-order chi connectivity index (χ1) is 5.34. The minimum absolute atomic E-state index is 0.232. The monoisotopic (exact) mass is 292 g/mol. The minimum Gasteiger partial charge on any atom is -0.220 e. The van der Waals surface area contributed by atoms with Crippen molar-refractivity contribution in [3.63, 3.8) is 0 Å². The number of hydrogen-bond donors (Lipinski definition) is 1. The first kappa shape index (κ1) is 10.1. The Morgan fingerprint density at radius 3 is 2.17 bits per heavy atom. The molecule has 6 heteroatoms. The van der Waals surface area contributed by atoms with Crippen LogP contribution in [0.4, 0.5) is 13.2 Å². The second-order valence-electron chi connectivity index (χ2n) is 2.59. The number of nitrogens with zero attached hydrogens (tertiary/aromatic N) is 1. The molecule has 1 unspecified atom stereocenters. The smallest absolute Gasteiger partial charge is 0.220 e. The summed E-state index contributed by atoms with van der Waals surface area (Å²) < 4.78 is 37.3. The molecule has 1 N–H and O–H groups in total. The van der Waals surface area contributed by atoms with Gasteiger partial charge in [-0.1, -0.05) is 0 Å². The van der Waals surface area contributed by atoms with E-state index in [9.17, 15) is 13.2 Å². The maximum Gasteiger partial charge on any atom is 0.498 e. The zero-order valence-electron chi connectivity index (χ0n) is 6.54. The zero-order chi connectivity index (χ0) is 9.52. The van der Waals surface area contributed by atoms with E-state index in [2.05, 4.69) is 5.43 Å². The van der Waals surface area contributed by atoms with E-state index < -0.39 is 6.30 Å². The Bertz CT molecular complexity index is 223. The molecule has 0 saturated heterocycles. The number of hydrogen-bond acceptors (Lipinski definition) is 2. The van der Waals surface area contributed by atoms with Gasteiger partial charge in [-0.25, -0.2) is 10.4 Å². The molecule has 1 atom stereocenters. The van der Waals surface area contributed by atoms with Gasteiger partial charge in [-0.2, -0.15) is 0 Å². The van der Waals surface area contributed by atoms with Gasteiger partial charge in [-0.3, -0.25) is 0 Å². The lowest BCUT2D eigenvalue weighted by atomic mass is 10.3. The lowest BCUT2D eigenvalue weighted by Gasteiger charge is -2.23. The van der Waals surface area contributed by atoms with E-state index in [1.165, 1.54) is 6.92 Å². The molecule has 1 rings (SSSR count). The molecule has 70 valence electrons. The van der Waals surface area contributed by atoms with Gasteiger partial charge in [0.1, 0.15) is 0 Å². The molecule has 12 heavy (non-hydrogen) atoms. The highest BCUT2D eigenvalue weighted by Crippen LogP contribution is 2.33. The van der Waals surface area contributed by atoms with Crippen LogP contribution < -0.4 is 5.43 Å². The van der Waals surface area contributed by atoms with Gasteiger partial charge in [-0.05, 0) is 36.4 Å². The van der Waals surface area contributed by atoms with Crippen LogP contribution in [0.3, 0.4) is 0 Å². The van der Waals surface area contributed by atoms with Crippen LogP contribution in [0.15, 0.2) is 9.28 Å². The highest BCUT2D eigenvalue weighted by molar-refractivity contribution is 14.1. The molecule has 0 spiro atoms. The Kier molecular flexibility index (Phi) is 2.57. The average Bonchev–Trinajstić information content (AvgIpc) is 2.15. The van der Waals surface area contributed by atoms with Gasteiger partial charge in [0.25, 0.3) is 0 Å². The third-order valence-electron chi connectivity index (χ3n) is 1.64. The maximum absolute atomic E-state index is 12.2. The number of alkyl halides is 3. The summed E-state index contributed by atoms with van der Waals surface area (Å²) in [6.45, 7) is 3.14. The van der Waals surface area contributed by atoms with Gasteiger partial charge in [0.15, 0.2) is 0 Å². The Labute approximate surface area is 81.9 Å². The molecular formula is C6H8F3IN2. The molecule has 0 saturated carbocycles. The zero-order valence-corrected chi connectivity index (χ0v) is 8.69. The van der Waals surface area contributed by atoms with Crippen LogP contribution in [0, 0.1) is 0 Å². The summed E-state index contributed by atoms with van der Waals surface area (Å²) in [7, 11) is 0. The van der Waals surface area contributed by atoms with Gasteiger partial charge < -0.3 is 0 Å². The van der Waals surface area contributed by atoms with Crippen LogP contribution in [0.2, 0.25) is 0 Å². The van der Waals surface area contributed by atoms with E-state index in [4.69, 9.17) is 0 Å². The van der Waals surface area contributed by atoms with E-state index in [0.717, 1.165) is 0 Å². The standard InChI is InChI=1S/C6H8F3IN2/c1-3-5(10)4(2)12(11-3)6(7,8)9/h3,11H,1-2H3. The van der Waals surface area contributed by atoms with Crippen molar-refractivity contribution < 1.29 is 13.2 Å². The van der Waals surface area contributed by atoms with Crippen LogP contribution in [0.1, 0.15) is 13.8 Å². The molecule has 1 heterocycles. The van der Waals surface area contributed by atoms with Gasteiger partial charge >= 0.3 is 6.30 Å². The molecule has 0 aliphatic carbocycles. The summed E-state index contributed by atoms with van der Waals surface area (Å²) in [6, 6.07) is -0.243. The molecule has 0 aromatic carbocycles. The molecule has 0 bridgehead atoms. The summed E-state index contributed by atoms with van der Waals surface area (Å²) in [6.07, 6.45) is -4.33. The Hall–Kier alpha value is 0.0200. The molecular weight excluding hydrogens is 284 g/mol. The van der Waals surface area contributed by atoms with Crippen LogP contribution in [-0.2, 0) is 0 Å². The average molecular weight is 292 g/mol. The molecule has 0 aromatic heterocycles. The second-order valence-corrected chi connectivity index (χ2v) is 3.75. The van der Waals surface area contributed by atoms with Crippen molar-refractivity contribution in [3.05, 3.63) is 9.28 Å². The third-order valence-corrected chi connectivity index (χ3v) is 3.35. The number of hydrazine groups is 1. The molecule has 0 amide bonds. The fourth-order valence-electron chi connectivity index (χ4n) is 1.03. The molecule has 0 fully saturated rings. The largest absolute Gasteiger partial charge is 0.498 e. The lowest BCUT2D eigenvalue weighted by Crippen LogP contribution is -2.45. The van der Waals surface area contributed by atoms with Crippen LogP contribution >= 0.6 is 22.6 Å². The van der Waals surface area contributed by atoms with Crippen molar-refractivity contribution in [1.82, 2.24) is 10.4 Å². The van der Waals surface area contributed by atoms with Crippen molar-refractivity contribution in [2.24, 2.45) is 0 Å². The van der Waals surface area contributed by atoms with Crippen LogP contribution in [-0.4, -0.2) is 17.4 Å². The Morgan fingerprint density at radius 2 is 2.00 bits per heavy atom. The quantitative estimate of drug-likeness (QED) is 0.545. The number of allylic oxidation sites excluding steroid dienone is 1. The van der Waals surface area contributed by atoms with E-state index >= 15 is 0 Å². The highest BCUT2D eigenvalue weighted by atomic mass is 127. The van der Waals surface area contributed by atoms with Crippen molar-refractivity contribution in [2.45, 2.75) is 26.2 Å². The second kappa shape index (κ2) is 3.06. The fourth-order valence-corrected chi connectivity index (χ4v) is 1.41. The third kappa shape index (κ3) is 1.68. The molecule has 2 nitrogen and oxygen atoms in total. The van der Waals surface area contributed by atoms with Crippen LogP contribution in [0.5, 0.6) is 0 Å². The molecule has 1 aliphatic rings. The van der Waals surface area contributed by atoms with Gasteiger partial charge in [0.2, 0.25) is 0 Å². The van der Waals surface area contributed by atoms with Crippen LogP contribution in [0.25, 0.3) is 0 Å². The van der Waals surface area contributed by atoms with Gasteiger partial charge in [0.05, 0.1) is 6.04 Å². The number of rotatable bonds is 0. The van der Waals surface area contributed by atoms with E-state index in [-0.39, 0.29) is 16.7 Å². The lowest BCUT2D eigenvalue weighted by molar-refractivity contribution is -0.247. The predicted octanol–water partition coefficient (Wildman–Crippen LogP) is 2.38. The highest BCUT2D eigenvalue weighted by Gasteiger charge is 2.42. The number of halogens is 4. The van der Waals surface area contributed by atoms with Crippen molar-refractivity contribution in [2.75, 3.05) is 0 Å². The molecule has 1 aliphatic heterocycles. The topological polar surface area (TPSA) is 15.3 Å². The number of nitrogens with one attached hydrogen (secondary N) is 1. The van der Waals surface area contributed by atoms with Gasteiger partial charge in [0, 0.05) is 9.28 Å². The summed E-state index contributed by atoms with van der Waals surface area (Å²) >= 11 is 1.91. The van der Waals surface area contributed by atoms with Crippen molar-refractivity contribution in [3.8, 4) is 0 Å². The summed E-state index contributed by atoms with van der Waals surface area (Å²) in [5, 5.41) is 0.249. The molecule has 0 radical (unpaired) electrons. The van der Waals surface area contributed by atoms with Crippen molar-refractivity contribution >= 4 is 22.6 Å². The Morgan fingerprint density at radius 1 is 1.50 bits per heavy atom. The van der Waals surface area contributed by atoms with E-state index in [1.807, 2.05) is 22.6 Å². The van der Waals surface area contributed by atoms with Crippen molar-refractivity contribution in [1.29, 1.82) is 0 Å².